The van der Waals surface area contributed by atoms with E-state index in [4.69, 9.17) is 14.2 Å². The molecule has 0 saturated heterocycles. The van der Waals surface area contributed by atoms with Gasteiger partial charge in [-0.3, -0.25) is 9.59 Å². The number of carbonyl (C=O) groups is 3. The van der Waals surface area contributed by atoms with E-state index in [1.165, 1.54) is 13.3 Å². The van der Waals surface area contributed by atoms with Crippen molar-refractivity contribution < 1.29 is 28.6 Å². The Morgan fingerprint density at radius 3 is 2.32 bits per heavy atom. The topological polar surface area (TPSA) is 115 Å². The van der Waals surface area contributed by atoms with Crippen LogP contribution in [-0.4, -0.2) is 37.7 Å². The number of hydrogen-bond acceptors (Lipinski definition) is 7. The van der Waals surface area contributed by atoms with E-state index in [0.29, 0.717) is 34.9 Å². The maximum absolute atomic E-state index is 12.5. The van der Waals surface area contributed by atoms with Crippen LogP contribution in [0.5, 0.6) is 17.2 Å². The lowest BCUT2D eigenvalue weighted by Crippen LogP contribution is -2.32. The number of methoxy groups -OCH3 is 1. The molecule has 0 aliphatic carbocycles. The third-order valence-corrected chi connectivity index (χ3v) is 4.41. The Morgan fingerprint density at radius 2 is 1.65 bits per heavy atom. The maximum Gasteiger partial charge on any atom is 0.343 e. The number of amides is 2. The van der Waals surface area contributed by atoms with Gasteiger partial charge in [-0.1, -0.05) is 18.2 Å². The molecule has 9 heteroatoms. The van der Waals surface area contributed by atoms with Crippen LogP contribution < -0.4 is 25.0 Å². The first-order valence-electron chi connectivity index (χ1n) is 10.3. The summed E-state index contributed by atoms with van der Waals surface area (Å²) in [6.45, 7) is 2.13. The molecule has 2 amide bonds. The summed E-state index contributed by atoms with van der Waals surface area (Å²) in [5.41, 5.74) is 3.56. The fourth-order valence-electron chi connectivity index (χ4n) is 2.77. The van der Waals surface area contributed by atoms with Gasteiger partial charge in [-0.15, -0.1) is 0 Å². The lowest BCUT2D eigenvalue weighted by atomic mass is 10.2. The molecule has 34 heavy (non-hydrogen) atoms. The number of nitrogens with one attached hydrogen (secondary N) is 2. The predicted molar refractivity (Wildman–Crippen MR) is 126 cm³/mol. The van der Waals surface area contributed by atoms with E-state index in [0.717, 1.165) is 0 Å². The molecule has 3 rings (SSSR count). The molecule has 0 spiro atoms. The smallest absolute Gasteiger partial charge is 0.343 e. The summed E-state index contributed by atoms with van der Waals surface area (Å²) < 4.78 is 16.1. The molecule has 0 atom stereocenters. The van der Waals surface area contributed by atoms with Crippen LogP contribution in [0.15, 0.2) is 77.9 Å². The van der Waals surface area contributed by atoms with E-state index >= 15 is 0 Å². The lowest BCUT2D eigenvalue weighted by molar-refractivity contribution is -0.136. The number of esters is 1. The quantitative estimate of drug-likeness (QED) is 0.175. The molecule has 9 nitrogen and oxygen atoms in total. The van der Waals surface area contributed by atoms with Crippen LogP contribution in [-0.2, 0) is 9.59 Å². The molecule has 0 unspecified atom stereocenters. The molecule has 0 aliphatic rings. The van der Waals surface area contributed by atoms with Crippen LogP contribution in [0.1, 0.15) is 22.8 Å². The third kappa shape index (κ3) is 6.67. The van der Waals surface area contributed by atoms with Crippen LogP contribution in [0.25, 0.3) is 0 Å². The Morgan fingerprint density at radius 1 is 0.912 bits per heavy atom. The second-order valence-corrected chi connectivity index (χ2v) is 6.78. The number of anilines is 1. The molecule has 0 aromatic heterocycles. The number of hydrazone groups is 1. The number of ether oxygens (including phenoxy) is 3. The van der Waals surface area contributed by atoms with Gasteiger partial charge in [-0.2, -0.15) is 5.10 Å². The SMILES string of the molecule is CCOc1cc(/C=N\NC(=O)C(=O)Nc2ccccc2)ccc1OC(=O)c1ccc(OC)cc1. The van der Waals surface area contributed by atoms with Gasteiger partial charge in [0.05, 0.1) is 25.5 Å². The van der Waals surface area contributed by atoms with Crippen molar-refractivity contribution in [1.29, 1.82) is 0 Å². The summed E-state index contributed by atoms with van der Waals surface area (Å²) in [5.74, 6) is -1.15. The van der Waals surface area contributed by atoms with Crippen molar-refractivity contribution in [1.82, 2.24) is 5.43 Å². The highest BCUT2D eigenvalue weighted by atomic mass is 16.6. The number of benzene rings is 3. The predicted octanol–water partition coefficient (Wildman–Crippen LogP) is 3.40. The van der Waals surface area contributed by atoms with E-state index in [2.05, 4.69) is 15.8 Å². The summed E-state index contributed by atoms with van der Waals surface area (Å²) in [7, 11) is 1.54. The lowest BCUT2D eigenvalue weighted by Gasteiger charge is -2.11. The third-order valence-electron chi connectivity index (χ3n) is 4.41. The van der Waals surface area contributed by atoms with E-state index in [1.807, 2.05) is 0 Å². The molecule has 0 aliphatic heterocycles. The summed E-state index contributed by atoms with van der Waals surface area (Å²) >= 11 is 0. The van der Waals surface area contributed by atoms with Gasteiger partial charge in [0.2, 0.25) is 0 Å². The number of nitrogens with zero attached hydrogens (tertiary/aromatic N) is 1. The highest BCUT2D eigenvalue weighted by molar-refractivity contribution is 6.39. The van der Waals surface area contributed by atoms with Gasteiger partial charge in [0.1, 0.15) is 5.75 Å². The Bertz CT molecular complexity index is 1180. The Labute approximate surface area is 196 Å². The van der Waals surface area contributed by atoms with Crippen LogP contribution in [0.3, 0.4) is 0 Å². The Kier molecular flexibility index (Phi) is 8.34. The number of hydrogen-bond donors (Lipinski definition) is 2. The molecule has 0 bridgehead atoms. The summed E-state index contributed by atoms with van der Waals surface area (Å²) in [6, 6.07) is 19.9. The molecular formula is C25H23N3O6. The van der Waals surface area contributed by atoms with Crippen molar-refractivity contribution in [2.24, 2.45) is 5.10 Å². The first kappa shape index (κ1) is 24.0. The van der Waals surface area contributed by atoms with E-state index < -0.39 is 17.8 Å². The Hall–Kier alpha value is -4.66. The second kappa shape index (κ2) is 11.8. The van der Waals surface area contributed by atoms with Crippen molar-refractivity contribution in [2.45, 2.75) is 6.92 Å². The van der Waals surface area contributed by atoms with Crippen molar-refractivity contribution in [3.8, 4) is 17.2 Å². The summed E-state index contributed by atoms with van der Waals surface area (Å²) in [5, 5.41) is 6.26. The molecular weight excluding hydrogens is 438 g/mol. The van der Waals surface area contributed by atoms with Gasteiger partial charge < -0.3 is 19.5 Å². The average Bonchev–Trinajstić information content (AvgIpc) is 2.86. The Balaban J connectivity index is 1.63. The number of para-hydroxylation sites is 1. The molecule has 174 valence electrons. The van der Waals surface area contributed by atoms with Gasteiger partial charge in [0, 0.05) is 5.69 Å². The molecule has 0 saturated carbocycles. The maximum atomic E-state index is 12.5. The minimum absolute atomic E-state index is 0.228. The molecule has 0 heterocycles. The average molecular weight is 461 g/mol. The monoisotopic (exact) mass is 461 g/mol. The van der Waals surface area contributed by atoms with E-state index in [9.17, 15) is 14.4 Å². The van der Waals surface area contributed by atoms with Gasteiger partial charge in [-0.05, 0) is 67.1 Å². The van der Waals surface area contributed by atoms with Crippen molar-refractivity contribution in [3.05, 3.63) is 83.9 Å². The van der Waals surface area contributed by atoms with Crippen LogP contribution in [0, 0.1) is 0 Å². The standard InChI is InChI=1S/C25H23N3O6/c1-3-33-22-15-17(16-26-28-24(30)23(29)27-19-7-5-4-6-8-19)9-14-21(22)34-25(31)18-10-12-20(32-2)13-11-18/h4-16H,3H2,1-2H3,(H,27,29)(H,28,30)/b26-16-. The van der Waals surface area contributed by atoms with Gasteiger partial charge in [0.25, 0.3) is 0 Å². The molecule has 2 N–H and O–H groups in total. The first-order chi connectivity index (χ1) is 16.5. The minimum Gasteiger partial charge on any atom is -0.497 e. The largest absolute Gasteiger partial charge is 0.497 e. The van der Waals surface area contributed by atoms with Crippen LogP contribution in [0.2, 0.25) is 0 Å². The highest BCUT2D eigenvalue weighted by Gasteiger charge is 2.14. The zero-order valence-electron chi connectivity index (χ0n) is 18.6. The van der Waals surface area contributed by atoms with Crippen LogP contribution >= 0.6 is 0 Å². The van der Waals surface area contributed by atoms with Gasteiger partial charge in [0.15, 0.2) is 11.5 Å². The van der Waals surface area contributed by atoms with Gasteiger partial charge in [-0.25, -0.2) is 10.2 Å². The zero-order valence-corrected chi connectivity index (χ0v) is 18.6. The highest BCUT2D eigenvalue weighted by Crippen LogP contribution is 2.29. The van der Waals surface area contributed by atoms with Crippen molar-refractivity contribution in [3.63, 3.8) is 0 Å². The van der Waals surface area contributed by atoms with E-state index in [1.54, 1.807) is 79.7 Å². The first-order valence-corrected chi connectivity index (χ1v) is 10.3. The normalized spacial score (nSPS) is 10.4. The van der Waals surface area contributed by atoms with E-state index in [-0.39, 0.29) is 5.75 Å². The summed E-state index contributed by atoms with van der Waals surface area (Å²) in [6.07, 6.45) is 1.34. The van der Waals surface area contributed by atoms with Crippen LogP contribution in [0.4, 0.5) is 5.69 Å². The fourth-order valence-corrected chi connectivity index (χ4v) is 2.77. The minimum atomic E-state index is -0.921. The summed E-state index contributed by atoms with van der Waals surface area (Å²) in [4.78, 5) is 36.3. The number of carbonyl (C=O) groups excluding carboxylic acids is 3. The molecule has 0 fully saturated rings. The zero-order chi connectivity index (χ0) is 24.3. The van der Waals surface area contributed by atoms with Crippen molar-refractivity contribution >= 4 is 29.7 Å². The molecule has 3 aromatic carbocycles. The van der Waals surface area contributed by atoms with Gasteiger partial charge >= 0.3 is 17.8 Å². The molecule has 3 aromatic rings. The fraction of sp³-hybridized carbons (Fsp3) is 0.120. The molecule has 0 radical (unpaired) electrons. The number of rotatable bonds is 8. The van der Waals surface area contributed by atoms with Crippen molar-refractivity contribution in [2.75, 3.05) is 19.0 Å². The second-order valence-electron chi connectivity index (χ2n) is 6.78.